The second-order valence-corrected chi connectivity index (χ2v) is 8.04. The number of nitro groups is 1. The number of nitro benzene ring substituents is 1. The topological polar surface area (TPSA) is 111 Å². The molecule has 4 rings (SSSR count). The largest absolute Gasteiger partial charge is 0.496 e. The summed E-state index contributed by atoms with van der Waals surface area (Å²) in [6.07, 6.45) is 0.794. The minimum atomic E-state index is -0.516. The van der Waals surface area contributed by atoms with E-state index in [0.29, 0.717) is 28.5 Å². The Bertz CT molecular complexity index is 1500. The lowest BCUT2D eigenvalue weighted by Gasteiger charge is -2.11. The van der Waals surface area contributed by atoms with E-state index in [0.717, 1.165) is 28.5 Å². The normalized spacial score (nSPS) is 11.4. The van der Waals surface area contributed by atoms with Crippen molar-refractivity contribution in [3.8, 4) is 11.5 Å². The Morgan fingerprint density at radius 1 is 0.778 bits per heavy atom. The smallest absolute Gasteiger partial charge is 0.271 e. The maximum absolute atomic E-state index is 10.9. The van der Waals surface area contributed by atoms with Gasteiger partial charge in [-0.25, -0.2) is 0 Å². The second-order valence-electron chi connectivity index (χ2n) is 7.63. The first kappa shape index (κ1) is 24.7. The summed E-state index contributed by atoms with van der Waals surface area (Å²) in [6, 6.07) is 18.9. The molecule has 0 aliphatic carbocycles. The SMILES string of the molecule is CCc1cc(OC)c(N=Nc2ccc(N=Nc3ccc([N+](=O)[O-])cc3Cl)c3ccccc23)cc1OC. The van der Waals surface area contributed by atoms with Crippen molar-refractivity contribution in [2.24, 2.45) is 20.5 Å². The molecule has 0 saturated heterocycles. The summed E-state index contributed by atoms with van der Waals surface area (Å²) in [5, 5.41) is 30.1. The number of non-ortho nitro benzene ring substituents is 1. The number of hydrogen-bond acceptors (Lipinski definition) is 8. The van der Waals surface area contributed by atoms with Crippen molar-refractivity contribution >= 4 is 50.8 Å². The first-order valence-electron chi connectivity index (χ1n) is 11.0. The van der Waals surface area contributed by atoms with Crippen molar-refractivity contribution in [2.45, 2.75) is 13.3 Å². The van der Waals surface area contributed by atoms with Gasteiger partial charge in [-0.15, -0.1) is 20.5 Å². The van der Waals surface area contributed by atoms with Crippen molar-refractivity contribution < 1.29 is 14.4 Å². The summed E-state index contributed by atoms with van der Waals surface area (Å²) in [7, 11) is 3.21. The molecule has 0 N–H and O–H groups in total. The lowest BCUT2D eigenvalue weighted by atomic mass is 10.1. The standard InChI is InChI=1S/C26H22ClN5O4/c1-4-16-13-26(36-3)24(15-25(16)35-2)31-29-22-12-11-21(18-7-5-6-8-19(18)22)28-30-23-10-9-17(32(33)34)14-20(23)27/h5-15H,4H2,1-3H3. The van der Waals surface area contributed by atoms with Gasteiger partial charge in [-0.2, -0.15) is 0 Å². The van der Waals surface area contributed by atoms with Gasteiger partial charge in [-0.05, 0) is 36.2 Å². The Hall–Kier alpha value is -4.37. The molecule has 0 saturated carbocycles. The minimum Gasteiger partial charge on any atom is -0.496 e. The Balaban J connectivity index is 1.70. The predicted molar refractivity (Wildman–Crippen MR) is 139 cm³/mol. The third-order valence-electron chi connectivity index (χ3n) is 5.51. The molecular weight excluding hydrogens is 482 g/mol. The van der Waals surface area contributed by atoms with E-state index in [2.05, 4.69) is 20.5 Å². The Kier molecular flexibility index (Phi) is 7.50. The van der Waals surface area contributed by atoms with Gasteiger partial charge in [0.2, 0.25) is 0 Å². The number of halogens is 1. The predicted octanol–water partition coefficient (Wildman–Crippen LogP) is 8.81. The first-order valence-corrected chi connectivity index (χ1v) is 11.4. The number of fused-ring (bicyclic) bond motifs is 1. The van der Waals surface area contributed by atoms with E-state index in [1.165, 1.54) is 18.2 Å². The van der Waals surface area contributed by atoms with E-state index >= 15 is 0 Å². The van der Waals surface area contributed by atoms with Crippen LogP contribution in [0.5, 0.6) is 11.5 Å². The molecule has 4 aromatic rings. The van der Waals surface area contributed by atoms with E-state index in [-0.39, 0.29) is 10.7 Å². The molecule has 0 unspecified atom stereocenters. The summed E-state index contributed by atoms with van der Waals surface area (Å²) in [4.78, 5) is 10.4. The van der Waals surface area contributed by atoms with Gasteiger partial charge in [-0.3, -0.25) is 10.1 Å². The van der Waals surface area contributed by atoms with Gasteiger partial charge >= 0.3 is 0 Å². The van der Waals surface area contributed by atoms with Crippen LogP contribution in [0.15, 0.2) is 87.2 Å². The zero-order valence-electron chi connectivity index (χ0n) is 19.8. The van der Waals surface area contributed by atoms with Crippen molar-refractivity contribution in [3.63, 3.8) is 0 Å². The van der Waals surface area contributed by atoms with Crippen molar-refractivity contribution in [1.82, 2.24) is 0 Å². The fourth-order valence-electron chi connectivity index (χ4n) is 3.65. The van der Waals surface area contributed by atoms with Crippen molar-refractivity contribution in [2.75, 3.05) is 14.2 Å². The summed E-state index contributed by atoms with van der Waals surface area (Å²) < 4.78 is 11.0. The fraction of sp³-hybridized carbons (Fsp3) is 0.154. The summed E-state index contributed by atoms with van der Waals surface area (Å²) in [5.74, 6) is 1.32. The Morgan fingerprint density at radius 3 is 1.86 bits per heavy atom. The highest BCUT2D eigenvalue weighted by Crippen LogP contribution is 2.39. The maximum atomic E-state index is 10.9. The van der Waals surface area contributed by atoms with E-state index in [9.17, 15) is 10.1 Å². The number of methoxy groups -OCH3 is 2. The Labute approximate surface area is 212 Å². The first-order chi connectivity index (χ1) is 17.4. The van der Waals surface area contributed by atoms with Crippen LogP contribution in [-0.2, 0) is 6.42 Å². The average Bonchev–Trinajstić information content (AvgIpc) is 2.90. The molecule has 0 radical (unpaired) electrons. The number of nitrogens with zero attached hydrogens (tertiary/aromatic N) is 5. The quantitative estimate of drug-likeness (QED) is 0.136. The van der Waals surface area contributed by atoms with Crippen LogP contribution in [0.3, 0.4) is 0 Å². The zero-order valence-corrected chi connectivity index (χ0v) is 20.6. The van der Waals surface area contributed by atoms with Gasteiger partial charge < -0.3 is 9.47 Å². The van der Waals surface area contributed by atoms with Crippen molar-refractivity contribution in [1.29, 1.82) is 0 Å². The van der Waals surface area contributed by atoms with Crippen LogP contribution in [0.4, 0.5) is 28.4 Å². The zero-order chi connectivity index (χ0) is 25.7. The molecule has 182 valence electrons. The van der Waals surface area contributed by atoms with Gasteiger partial charge in [0.05, 0.1) is 35.5 Å². The monoisotopic (exact) mass is 503 g/mol. The number of benzene rings is 4. The molecule has 0 aromatic heterocycles. The number of aryl methyl sites for hydroxylation is 1. The summed E-state index contributed by atoms with van der Waals surface area (Å²) in [6.45, 7) is 2.04. The van der Waals surface area contributed by atoms with E-state index in [1.54, 1.807) is 32.4 Å². The molecule has 0 fully saturated rings. The minimum absolute atomic E-state index is 0.113. The van der Waals surface area contributed by atoms with Crippen LogP contribution in [0.2, 0.25) is 5.02 Å². The van der Waals surface area contributed by atoms with Gasteiger partial charge in [0.25, 0.3) is 5.69 Å². The van der Waals surface area contributed by atoms with Crippen LogP contribution in [0, 0.1) is 10.1 Å². The molecule has 36 heavy (non-hydrogen) atoms. The fourth-order valence-corrected chi connectivity index (χ4v) is 3.86. The molecule has 0 aliphatic heterocycles. The van der Waals surface area contributed by atoms with Crippen LogP contribution in [-0.4, -0.2) is 19.1 Å². The summed E-state index contributed by atoms with van der Waals surface area (Å²) in [5.41, 5.74) is 3.00. The molecule has 0 bridgehead atoms. The van der Waals surface area contributed by atoms with Gasteiger partial charge in [-0.1, -0.05) is 42.8 Å². The average molecular weight is 504 g/mol. The number of hydrogen-bond donors (Lipinski definition) is 0. The lowest BCUT2D eigenvalue weighted by molar-refractivity contribution is -0.384. The van der Waals surface area contributed by atoms with E-state index in [1.807, 2.05) is 37.3 Å². The molecule has 0 atom stereocenters. The summed E-state index contributed by atoms with van der Waals surface area (Å²) >= 11 is 6.14. The molecule has 0 heterocycles. The van der Waals surface area contributed by atoms with Crippen LogP contribution in [0.1, 0.15) is 12.5 Å². The maximum Gasteiger partial charge on any atom is 0.271 e. The van der Waals surface area contributed by atoms with Crippen molar-refractivity contribution in [3.05, 3.63) is 87.4 Å². The highest BCUT2D eigenvalue weighted by Gasteiger charge is 2.12. The molecule has 0 amide bonds. The lowest BCUT2D eigenvalue weighted by Crippen LogP contribution is -1.93. The number of rotatable bonds is 8. The molecular formula is C26H22ClN5O4. The molecule has 0 spiro atoms. The highest BCUT2D eigenvalue weighted by atomic mass is 35.5. The van der Waals surface area contributed by atoms with Crippen LogP contribution in [0.25, 0.3) is 10.8 Å². The van der Waals surface area contributed by atoms with Gasteiger partial charge in [0, 0.05) is 29.0 Å². The second kappa shape index (κ2) is 10.9. The van der Waals surface area contributed by atoms with E-state index < -0.39 is 4.92 Å². The molecule has 10 heteroatoms. The molecule has 0 aliphatic rings. The van der Waals surface area contributed by atoms with Crippen LogP contribution >= 0.6 is 11.6 Å². The highest BCUT2D eigenvalue weighted by molar-refractivity contribution is 6.33. The molecule has 4 aromatic carbocycles. The van der Waals surface area contributed by atoms with Crippen LogP contribution < -0.4 is 9.47 Å². The third kappa shape index (κ3) is 5.16. The Morgan fingerprint density at radius 2 is 1.33 bits per heavy atom. The van der Waals surface area contributed by atoms with Gasteiger partial charge in [0.1, 0.15) is 22.9 Å². The third-order valence-corrected chi connectivity index (χ3v) is 5.82. The van der Waals surface area contributed by atoms with E-state index in [4.69, 9.17) is 21.1 Å². The number of ether oxygens (including phenoxy) is 2. The number of azo groups is 2. The van der Waals surface area contributed by atoms with Gasteiger partial charge in [0.15, 0.2) is 0 Å². The molecule has 9 nitrogen and oxygen atoms in total.